The van der Waals surface area contributed by atoms with Gasteiger partial charge in [-0.1, -0.05) is 416 Å². The molecule has 24 heteroatoms. The number of hydrogen-bond donors (Lipinski definition) is 3. The molecule has 0 aliphatic heterocycles. The predicted octanol–water partition coefficient (Wildman–Crippen LogP) is 28.5. The van der Waals surface area contributed by atoms with Crippen molar-refractivity contribution in [3.63, 3.8) is 0 Å². The number of halogens is 1. The minimum Gasteiger partial charge on any atom is -0.423 e. The summed E-state index contributed by atoms with van der Waals surface area (Å²) < 4.78 is 9.33. The lowest BCUT2D eigenvalue weighted by molar-refractivity contribution is -0.384. The number of nitrogens with one attached hydrogen (secondary N) is 1. The second kappa shape index (κ2) is 41.1. The Morgan fingerprint density at radius 3 is 0.740 bits per heavy atom. The Hall–Kier alpha value is -19.9. The van der Waals surface area contributed by atoms with Crippen molar-refractivity contribution in [2.45, 2.75) is 0 Å². The molecule has 28 aromatic rings. The van der Waals surface area contributed by atoms with Crippen LogP contribution in [0.4, 0.5) is 5.69 Å². The Morgan fingerprint density at radius 1 is 0.220 bits per heavy atom. The lowest BCUT2D eigenvalue weighted by Gasteiger charge is -2.11. The summed E-state index contributed by atoms with van der Waals surface area (Å²) in [5.74, 6) is 7.15. The first-order valence-corrected chi connectivity index (χ1v) is 49.5. The highest BCUT2D eigenvalue weighted by Gasteiger charge is 2.27. The van der Waals surface area contributed by atoms with Gasteiger partial charge in [0.15, 0.2) is 46.6 Å². The fraction of sp³-hybridized carbons (Fsp3) is 0. The van der Waals surface area contributed by atoms with Gasteiger partial charge in [0.2, 0.25) is 23.8 Å². The Bertz CT molecular complexity index is 9550. The van der Waals surface area contributed by atoms with Crippen LogP contribution in [0.1, 0.15) is 0 Å². The van der Waals surface area contributed by atoms with Crippen molar-refractivity contribution in [3.05, 3.63) is 506 Å². The first kappa shape index (κ1) is 92.5. The molecule has 0 aliphatic carbocycles. The number of nitrogens with zero attached hydrogens (tertiary/aromatic N) is 17. The van der Waals surface area contributed by atoms with E-state index in [4.69, 9.17) is 59.8 Å². The van der Waals surface area contributed by atoms with E-state index in [1.54, 1.807) is 24.3 Å². The van der Waals surface area contributed by atoms with Crippen molar-refractivity contribution >= 4 is 143 Å². The average Bonchev–Trinajstić information content (AvgIpc) is 1.59. The molecular formula is C126H84BBrN18O4. The van der Waals surface area contributed by atoms with Gasteiger partial charge in [-0.25, -0.2) is 19.9 Å². The van der Waals surface area contributed by atoms with Gasteiger partial charge in [-0.05, 0) is 96.0 Å². The molecule has 0 fully saturated rings. The third-order valence-corrected chi connectivity index (χ3v) is 26.8. The maximum Gasteiger partial charge on any atom is 0.488 e. The maximum atomic E-state index is 11.7. The highest BCUT2D eigenvalue weighted by molar-refractivity contribution is 9.10. The van der Waals surface area contributed by atoms with Crippen LogP contribution in [0.5, 0.6) is 0 Å². The van der Waals surface area contributed by atoms with E-state index >= 15 is 0 Å². The Kier molecular flexibility index (Phi) is 25.3. The standard InChI is InChI=1S/C33H21N5O2.C27H19BN4O2.C27H17BrN4.C27H18N4.C12H9N/c39-38(40)30-18-10-7-15-25(30)24-19-20-29-27(21-24)26-16-8-9-17-28(26)37(29)33-35-31(22-11-3-1-4-12-22)34-32(36-33)23-13-5-2-6-14-23;33-28(34)20-15-16-24-22(17-20)21-13-7-8-14-23(21)32(24)27-30-25(18-9-3-1-4-10-18)29-26(31-27)19-11-5-2-6-12-19;28-20-15-16-24-22(17-20)21-13-7-8-14-23(21)32(24)27-30-25(18-9-3-1-4-10-18)29-26(31-27)19-11-5-2-6-12-19;1-3-11-19(12-4-1)25-28-26(20-13-5-2-6-14-20)30-27(29-25)31-23-17-9-7-15-21(23)22-16-8-10-18-24(22)31;1-3-7-11-9(5-1)10-6-2-4-8-12(10)13-11/h1-21H;1-17,33-34H;1-17H;1-18H;1-8,13H. The second-order valence-electron chi connectivity index (χ2n) is 35.5. The van der Waals surface area contributed by atoms with Gasteiger partial charge in [0.05, 0.1) is 54.6 Å². The summed E-state index contributed by atoms with van der Waals surface area (Å²) >= 11 is 3.62. The number of para-hydroxylation sites is 8. The normalized spacial score (nSPS) is 11.2. The summed E-state index contributed by atoms with van der Waals surface area (Å²) in [7, 11) is -1.54. The van der Waals surface area contributed by atoms with Crippen molar-refractivity contribution in [1.82, 2.24) is 83.1 Å². The van der Waals surface area contributed by atoms with Gasteiger partial charge >= 0.3 is 7.12 Å². The van der Waals surface area contributed by atoms with E-state index in [-0.39, 0.29) is 10.6 Å². The number of nitro benzene ring substituents is 1. The van der Waals surface area contributed by atoms with Crippen molar-refractivity contribution in [3.8, 4) is 126 Å². The maximum absolute atomic E-state index is 11.7. The molecule has 0 unspecified atom stereocenters. The van der Waals surface area contributed by atoms with Crippen LogP contribution in [0.15, 0.2) is 496 Å². The van der Waals surface area contributed by atoms with Crippen molar-refractivity contribution in [2.75, 3.05) is 0 Å². The Balaban J connectivity index is 0.000000102. The summed E-state index contributed by atoms with van der Waals surface area (Å²) in [6.45, 7) is 0. The van der Waals surface area contributed by atoms with Crippen LogP contribution in [0.25, 0.3) is 235 Å². The van der Waals surface area contributed by atoms with Crippen molar-refractivity contribution in [1.29, 1.82) is 0 Å². The first-order chi connectivity index (χ1) is 74.0. The van der Waals surface area contributed by atoms with Gasteiger partial charge in [0.1, 0.15) is 0 Å². The molecule has 150 heavy (non-hydrogen) atoms. The van der Waals surface area contributed by atoms with E-state index in [1.807, 2.05) is 331 Å². The smallest absolute Gasteiger partial charge is 0.423 e. The molecule has 9 aromatic heterocycles. The lowest BCUT2D eigenvalue weighted by Crippen LogP contribution is -2.29. The number of H-pyrrole nitrogens is 1. The third kappa shape index (κ3) is 18.4. The van der Waals surface area contributed by atoms with Gasteiger partial charge in [-0.3, -0.25) is 28.4 Å². The van der Waals surface area contributed by atoms with Crippen LogP contribution >= 0.6 is 15.9 Å². The van der Waals surface area contributed by atoms with Crippen LogP contribution in [-0.2, 0) is 0 Å². The monoisotopic (exact) mass is 2000 g/mol. The molecule has 0 bridgehead atoms. The van der Waals surface area contributed by atoms with E-state index in [0.717, 1.165) is 131 Å². The molecule has 0 atom stereocenters. The largest absolute Gasteiger partial charge is 0.488 e. The molecule has 3 N–H and O–H groups in total. The fourth-order valence-corrected chi connectivity index (χ4v) is 19.6. The fourth-order valence-electron chi connectivity index (χ4n) is 19.3. The number of fused-ring (bicyclic) bond motifs is 15. The third-order valence-electron chi connectivity index (χ3n) is 26.3. The highest BCUT2D eigenvalue weighted by Crippen LogP contribution is 2.42. The summed E-state index contributed by atoms with van der Waals surface area (Å²) in [6, 6.07) is 162. The number of aromatic amines is 1. The molecule has 28 rings (SSSR count). The minimum absolute atomic E-state index is 0.0723. The molecule has 0 saturated heterocycles. The first-order valence-electron chi connectivity index (χ1n) is 48.8. The summed E-state index contributed by atoms with van der Waals surface area (Å²) in [6.07, 6.45) is 0. The quantitative estimate of drug-likeness (QED) is 0.0489. The van der Waals surface area contributed by atoms with E-state index in [2.05, 4.69) is 170 Å². The average molecular weight is 2000 g/mol. The topological polar surface area (TPSA) is 274 Å². The van der Waals surface area contributed by atoms with Crippen molar-refractivity contribution < 1.29 is 15.0 Å². The van der Waals surface area contributed by atoms with Crippen LogP contribution in [0.3, 0.4) is 0 Å². The zero-order valence-electron chi connectivity index (χ0n) is 80.0. The highest BCUT2D eigenvalue weighted by atomic mass is 79.9. The second-order valence-corrected chi connectivity index (χ2v) is 36.4. The number of nitro groups is 1. The van der Waals surface area contributed by atoms with E-state index in [1.165, 1.54) is 38.6 Å². The summed E-state index contributed by atoms with van der Waals surface area (Å²) in [4.78, 5) is 73.3. The number of rotatable bonds is 15. The van der Waals surface area contributed by atoms with Crippen LogP contribution in [0.2, 0.25) is 0 Å². The number of aromatic nitrogens is 17. The SMILES string of the molecule is Brc1ccc2c(c1)c1ccccc1n2-c1nc(-c2ccccc2)nc(-c2ccccc2)n1.O=[N+]([O-])c1ccccc1-c1ccc2c(c1)c1ccccc1n2-c1nc(-c2ccccc2)nc(-c2ccccc2)n1.OB(O)c1ccc2c(c1)c1ccccc1n2-c1nc(-c2ccccc2)nc(-c2ccccc2)n1.c1ccc(-c2nc(-c3ccccc3)nc(-n3c4ccccc4c4ccccc43)n2)cc1.c1ccc2c(c1)[nH]c1ccccc12. The predicted molar refractivity (Wildman–Crippen MR) is 606 cm³/mol. The van der Waals surface area contributed by atoms with Crippen LogP contribution < -0.4 is 5.46 Å². The van der Waals surface area contributed by atoms with Crippen molar-refractivity contribution in [2.24, 2.45) is 0 Å². The summed E-state index contributed by atoms with van der Waals surface area (Å²) in [5, 5.41) is 42.3. The van der Waals surface area contributed by atoms with E-state index in [9.17, 15) is 20.2 Å². The van der Waals surface area contributed by atoms with Gasteiger partial charge in [-0.2, -0.15) is 39.9 Å². The molecule has 0 radical (unpaired) electrons. The molecular weight excluding hydrogens is 1920 g/mol. The van der Waals surface area contributed by atoms with E-state index < -0.39 is 7.12 Å². The number of hydrogen-bond acceptors (Lipinski definition) is 16. The molecule has 19 aromatic carbocycles. The lowest BCUT2D eigenvalue weighted by atomic mass is 9.80. The molecule has 9 heterocycles. The zero-order valence-corrected chi connectivity index (χ0v) is 81.6. The van der Waals surface area contributed by atoms with Crippen LogP contribution in [0, 0.1) is 10.1 Å². The molecule has 22 nitrogen and oxygen atoms in total. The number of benzene rings is 19. The Morgan fingerprint density at radius 2 is 0.447 bits per heavy atom. The minimum atomic E-state index is -1.54. The van der Waals surface area contributed by atoms with Gasteiger partial charge in [0.25, 0.3) is 5.69 Å². The van der Waals surface area contributed by atoms with Gasteiger partial charge < -0.3 is 15.0 Å². The van der Waals surface area contributed by atoms with Gasteiger partial charge in [0, 0.05) is 120 Å². The molecule has 712 valence electrons. The Labute approximate surface area is 867 Å². The van der Waals surface area contributed by atoms with Gasteiger partial charge in [-0.15, -0.1) is 0 Å². The zero-order chi connectivity index (χ0) is 101. The van der Waals surface area contributed by atoms with Crippen LogP contribution in [-0.4, -0.2) is 105 Å². The van der Waals surface area contributed by atoms with E-state index in [0.29, 0.717) is 81.4 Å². The molecule has 0 amide bonds. The molecule has 0 aliphatic rings. The molecule has 0 spiro atoms. The summed E-state index contributed by atoms with van der Waals surface area (Å²) in [5.41, 5.74) is 19.6. The molecule has 0 saturated carbocycles.